The van der Waals surface area contributed by atoms with Crippen LogP contribution in [0.1, 0.15) is 51.0 Å². The minimum Gasteiger partial charge on any atom is -0.399 e. The Balaban J connectivity index is 1.64. The van der Waals surface area contributed by atoms with E-state index in [0.29, 0.717) is 24.0 Å². The van der Waals surface area contributed by atoms with Crippen molar-refractivity contribution in [1.29, 1.82) is 0 Å². The molecular formula is C22H31N3O2S. The van der Waals surface area contributed by atoms with Gasteiger partial charge in [0.05, 0.1) is 10.6 Å². The van der Waals surface area contributed by atoms with Crippen LogP contribution in [-0.2, 0) is 16.6 Å². The summed E-state index contributed by atoms with van der Waals surface area (Å²) in [5.41, 5.74) is 7.69. The van der Waals surface area contributed by atoms with Crippen molar-refractivity contribution in [2.24, 2.45) is 5.92 Å². The highest BCUT2D eigenvalue weighted by Crippen LogP contribution is 2.27. The van der Waals surface area contributed by atoms with Gasteiger partial charge in [0.25, 0.3) is 10.0 Å². The van der Waals surface area contributed by atoms with Crippen molar-refractivity contribution < 1.29 is 8.42 Å². The maximum atomic E-state index is 12.7. The van der Waals surface area contributed by atoms with Crippen LogP contribution in [0.15, 0.2) is 53.4 Å². The molecule has 1 saturated carbocycles. The van der Waals surface area contributed by atoms with E-state index >= 15 is 0 Å². The molecule has 0 aliphatic heterocycles. The number of benzene rings is 2. The Morgan fingerprint density at radius 1 is 1.07 bits per heavy atom. The lowest BCUT2D eigenvalue weighted by atomic mass is 9.85. The summed E-state index contributed by atoms with van der Waals surface area (Å²) in [6.45, 7) is 2.84. The van der Waals surface area contributed by atoms with Crippen LogP contribution in [-0.4, -0.2) is 14.5 Å². The molecule has 0 bridgehead atoms. The molecule has 3 rings (SSSR count). The highest BCUT2D eigenvalue weighted by Gasteiger charge is 2.18. The molecular weight excluding hydrogens is 370 g/mol. The third-order valence-corrected chi connectivity index (χ3v) is 6.85. The Morgan fingerprint density at radius 2 is 1.82 bits per heavy atom. The minimum absolute atomic E-state index is 0.168. The first-order chi connectivity index (χ1) is 13.4. The molecule has 0 spiro atoms. The van der Waals surface area contributed by atoms with E-state index in [1.165, 1.54) is 44.6 Å². The molecule has 0 unspecified atom stereocenters. The smallest absolute Gasteiger partial charge is 0.261 e. The van der Waals surface area contributed by atoms with Crippen molar-refractivity contribution in [3.8, 4) is 0 Å². The molecule has 0 amide bonds. The minimum atomic E-state index is -3.68. The SMILES string of the molecule is C[C@@H](CC1CCCCC1)NCc1ccccc1NS(=O)(=O)c1cccc(N)c1. The maximum Gasteiger partial charge on any atom is 0.261 e. The second-order valence-corrected chi connectivity index (χ2v) is 9.54. The summed E-state index contributed by atoms with van der Waals surface area (Å²) >= 11 is 0. The Morgan fingerprint density at radius 3 is 2.57 bits per heavy atom. The fourth-order valence-electron chi connectivity index (χ4n) is 3.95. The van der Waals surface area contributed by atoms with Crippen LogP contribution in [0, 0.1) is 5.92 Å². The molecule has 28 heavy (non-hydrogen) atoms. The third-order valence-electron chi connectivity index (χ3n) is 5.48. The zero-order valence-electron chi connectivity index (χ0n) is 16.5. The van der Waals surface area contributed by atoms with Crippen molar-refractivity contribution in [3.63, 3.8) is 0 Å². The zero-order chi connectivity index (χ0) is 20.0. The van der Waals surface area contributed by atoms with Crippen molar-refractivity contribution in [3.05, 3.63) is 54.1 Å². The van der Waals surface area contributed by atoms with Gasteiger partial charge in [0.2, 0.25) is 0 Å². The first kappa shape index (κ1) is 20.7. The van der Waals surface area contributed by atoms with Gasteiger partial charge in [-0.25, -0.2) is 8.42 Å². The molecule has 4 N–H and O–H groups in total. The number of rotatable bonds is 8. The lowest BCUT2D eigenvalue weighted by molar-refractivity contribution is 0.305. The van der Waals surface area contributed by atoms with E-state index in [1.54, 1.807) is 24.3 Å². The Kier molecular flexibility index (Phi) is 6.97. The molecule has 5 nitrogen and oxygen atoms in total. The number of sulfonamides is 1. The van der Waals surface area contributed by atoms with Crippen LogP contribution in [0.25, 0.3) is 0 Å². The van der Waals surface area contributed by atoms with E-state index < -0.39 is 10.0 Å². The van der Waals surface area contributed by atoms with Crippen molar-refractivity contribution in [1.82, 2.24) is 5.32 Å². The van der Waals surface area contributed by atoms with Gasteiger partial charge in [0, 0.05) is 18.3 Å². The second kappa shape index (κ2) is 9.43. The Bertz CT molecular complexity index is 877. The molecule has 1 aliphatic rings. The Labute approximate surface area is 168 Å². The van der Waals surface area contributed by atoms with Crippen LogP contribution in [0.2, 0.25) is 0 Å². The van der Waals surface area contributed by atoms with Crippen LogP contribution in [0.4, 0.5) is 11.4 Å². The van der Waals surface area contributed by atoms with E-state index in [-0.39, 0.29) is 4.90 Å². The highest BCUT2D eigenvalue weighted by molar-refractivity contribution is 7.92. The summed E-state index contributed by atoms with van der Waals surface area (Å²) in [5, 5.41) is 3.57. The van der Waals surface area contributed by atoms with Crippen molar-refractivity contribution in [2.45, 2.75) is 62.9 Å². The number of para-hydroxylation sites is 1. The molecule has 152 valence electrons. The first-order valence-corrected chi connectivity index (χ1v) is 11.6. The summed E-state index contributed by atoms with van der Waals surface area (Å²) < 4.78 is 28.2. The first-order valence-electron chi connectivity index (χ1n) is 10.1. The largest absolute Gasteiger partial charge is 0.399 e. The summed E-state index contributed by atoms with van der Waals surface area (Å²) in [6, 6.07) is 14.3. The van der Waals surface area contributed by atoms with Gasteiger partial charge in [-0.3, -0.25) is 4.72 Å². The molecule has 2 aromatic carbocycles. The van der Waals surface area contributed by atoms with E-state index in [0.717, 1.165) is 11.5 Å². The standard InChI is InChI=1S/C22H31N3O2S/c1-17(14-18-8-3-2-4-9-18)24-16-19-10-5-6-13-22(19)25-28(26,27)21-12-7-11-20(23)15-21/h5-7,10-13,15,17-18,24-25H,2-4,8-9,14,16,23H2,1H3/t17-/m0/s1. The molecule has 6 heteroatoms. The lowest BCUT2D eigenvalue weighted by Crippen LogP contribution is -2.29. The lowest BCUT2D eigenvalue weighted by Gasteiger charge is -2.25. The number of nitrogens with two attached hydrogens (primary N) is 1. The number of nitrogens with one attached hydrogen (secondary N) is 2. The highest BCUT2D eigenvalue weighted by atomic mass is 32.2. The monoisotopic (exact) mass is 401 g/mol. The fraction of sp³-hybridized carbons (Fsp3) is 0.455. The van der Waals surface area contributed by atoms with Crippen LogP contribution >= 0.6 is 0 Å². The van der Waals surface area contributed by atoms with Gasteiger partial charge in [-0.15, -0.1) is 0 Å². The maximum absolute atomic E-state index is 12.7. The predicted octanol–water partition coefficient (Wildman–Crippen LogP) is 4.52. The second-order valence-electron chi connectivity index (χ2n) is 7.86. The molecule has 1 atom stereocenters. The molecule has 0 radical (unpaired) electrons. The van der Waals surface area contributed by atoms with Crippen LogP contribution in [0.3, 0.4) is 0 Å². The van der Waals surface area contributed by atoms with E-state index in [4.69, 9.17) is 5.73 Å². The Hall–Kier alpha value is -2.05. The van der Waals surface area contributed by atoms with Gasteiger partial charge in [-0.2, -0.15) is 0 Å². The van der Waals surface area contributed by atoms with Gasteiger partial charge in [-0.1, -0.05) is 56.4 Å². The average molecular weight is 402 g/mol. The third kappa shape index (κ3) is 5.72. The summed E-state index contributed by atoms with van der Waals surface area (Å²) in [4.78, 5) is 0.168. The van der Waals surface area contributed by atoms with E-state index in [9.17, 15) is 8.42 Å². The molecule has 0 heterocycles. The van der Waals surface area contributed by atoms with Crippen molar-refractivity contribution in [2.75, 3.05) is 10.5 Å². The average Bonchev–Trinajstić information content (AvgIpc) is 2.68. The molecule has 2 aromatic rings. The fourth-order valence-corrected chi connectivity index (χ4v) is 5.11. The number of hydrogen-bond donors (Lipinski definition) is 3. The molecule has 0 saturated heterocycles. The van der Waals surface area contributed by atoms with Gasteiger partial charge in [0.15, 0.2) is 0 Å². The molecule has 1 aliphatic carbocycles. The van der Waals surface area contributed by atoms with Gasteiger partial charge < -0.3 is 11.1 Å². The molecule has 0 aromatic heterocycles. The summed E-state index contributed by atoms with van der Waals surface area (Å²) in [5.74, 6) is 0.813. The zero-order valence-corrected chi connectivity index (χ0v) is 17.3. The van der Waals surface area contributed by atoms with Crippen molar-refractivity contribution >= 4 is 21.4 Å². The van der Waals surface area contributed by atoms with E-state index in [2.05, 4.69) is 17.0 Å². The predicted molar refractivity (Wildman–Crippen MR) is 116 cm³/mol. The van der Waals surface area contributed by atoms with Gasteiger partial charge in [-0.05, 0) is 49.1 Å². The normalized spacial score (nSPS) is 16.6. The van der Waals surface area contributed by atoms with Crippen LogP contribution in [0.5, 0.6) is 0 Å². The van der Waals surface area contributed by atoms with Gasteiger partial charge in [0.1, 0.15) is 0 Å². The summed E-state index contributed by atoms with van der Waals surface area (Å²) in [7, 11) is -3.68. The van der Waals surface area contributed by atoms with Crippen LogP contribution < -0.4 is 15.8 Å². The number of nitrogen functional groups attached to an aromatic ring is 1. The van der Waals surface area contributed by atoms with E-state index in [1.807, 2.05) is 18.2 Å². The van der Waals surface area contributed by atoms with Gasteiger partial charge >= 0.3 is 0 Å². The quantitative estimate of drug-likeness (QED) is 0.568. The number of hydrogen-bond acceptors (Lipinski definition) is 4. The summed E-state index contributed by atoms with van der Waals surface area (Å²) in [6.07, 6.45) is 7.93. The molecule has 1 fully saturated rings. The topological polar surface area (TPSA) is 84.2 Å². The number of anilines is 2.